The van der Waals surface area contributed by atoms with Gasteiger partial charge in [0.2, 0.25) is 0 Å². The number of ether oxygens (including phenoxy) is 2. The molecule has 4 atom stereocenters. The summed E-state index contributed by atoms with van der Waals surface area (Å²) in [5.41, 5.74) is 2.06. The number of thiophene rings is 6. The molecule has 0 N–H and O–H groups in total. The van der Waals surface area contributed by atoms with E-state index in [9.17, 15) is 9.59 Å². The summed E-state index contributed by atoms with van der Waals surface area (Å²) in [4.78, 5) is 36.1. The number of hydrogen-bond acceptors (Lipinski definition) is 10. The van der Waals surface area contributed by atoms with E-state index in [4.69, 9.17) is 9.47 Å². The fourth-order valence-electron chi connectivity index (χ4n) is 7.27. The van der Waals surface area contributed by atoms with E-state index in [0.717, 1.165) is 27.3 Å². The molecule has 4 nitrogen and oxygen atoms in total. The molecule has 0 saturated heterocycles. The molecule has 0 radical (unpaired) electrons. The molecule has 0 aliphatic heterocycles. The largest absolute Gasteiger partial charge is 0.465 e. The molecule has 240 valence electrons. The standard InChI is InChI=1S/C37H32O4S6/c38-34(18-24-16-32(28-5-1-11-42-28)46-36(24)30-7-3-13-44-30)40-20-26-22-9-10-23(15-22)27(26)21-41-35(39)19-25-17-33(29-6-2-12-43-29)47-37(25)31-8-4-14-45-31/h1-8,11-14,16-17,22-23,26-27H,9-10,15,18-21H2. The first-order chi connectivity index (χ1) is 23.1. The first-order valence-corrected chi connectivity index (χ1v) is 21.0. The van der Waals surface area contributed by atoms with E-state index in [1.165, 1.54) is 42.1 Å². The lowest BCUT2D eigenvalue weighted by Crippen LogP contribution is -2.32. The molecule has 2 fully saturated rings. The van der Waals surface area contributed by atoms with Crippen molar-refractivity contribution >= 4 is 80.0 Å². The Balaban J connectivity index is 0.909. The van der Waals surface area contributed by atoms with Gasteiger partial charge in [-0.2, -0.15) is 0 Å². The third kappa shape index (κ3) is 6.73. The minimum Gasteiger partial charge on any atom is -0.465 e. The Bertz CT molecular complexity index is 1790. The van der Waals surface area contributed by atoms with Crippen LogP contribution >= 0.6 is 68.0 Å². The van der Waals surface area contributed by atoms with Gasteiger partial charge < -0.3 is 9.47 Å². The van der Waals surface area contributed by atoms with Crippen LogP contribution in [0.4, 0.5) is 0 Å². The zero-order valence-electron chi connectivity index (χ0n) is 25.4. The lowest BCUT2D eigenvalue weighted by Gasteiger charge is -2.30. The zero-order chi connectivity index (χ0) is 31.7. The summed E-state index contributed by atoms with van der Waals surface area (Å²) >= 11 is 10.3. The van der Waals surface area contributed by atoms with Crippen LogP contribution in [0.2, 0.25) is 0 Å². The van der Waals surface area contributed by atoms with Crippen LogP contribution in [0.25, 0.3) is 39.0 Å². The van der Waals surface area contributed by atoms with E-state index in [1.54, 1.807) is 68.0 Å². The van der Waals surface area contributed by atoms with Crippen molar-refractivity contribution in [2.75, 3.05) is 13.2 Å². The van der Waals surface area contributed by atoms with Gasteiger partial charge in [0.05, 0.1) is 26.1 Å². The van der Waals surface area contributed by atoms with Crippen molar-refractivity contribution in [2.45, 2.75) is 32.1 Å². The Hall–Kier alpha value is -2.86. The molecule has 0 aromatic carbocycles. The van der Waals surface area contributed by atoms with Crippen molar-refractivity contribution in [2.24, 2.45) is 23.7 Å². The lowest BCUT2D eigenvalue weighted by molar-refractivity contribution is -0.150. The van der Waals surface area contributed by atoms with Gasteiger partial charge in [0.1, 0.15) is 0 Å². The summed E-state index contributed by atoms with van der Waals surface area (Å²) in [6.07, 6.45) is 3.99. The molecule has 10 heteroatoms. The van der Waals surface area contributed by atoms with Crippen molar-refractivity contribution in [3.05, 3.63) is 93.3 Å². The molecule has 47 heavy (non-hydrogen) atoms. The third-order valence-electron chi connectivity index (χ3n) is 9.45. The molecule has 2 aliphatic carbocycles. The molecule has 2 bridgehead atoms. The van der Waals surface area contributed by atoms with Gasteiger partial charge in [0, 0.05) is 50.9 Å². The van der Waals surface area contributed by atoms with Gasteiger partial charge in [0.15, 0.2) is 0 Å². The predicted octanol–water partition coefficient (Wildman–Crippen LogP) is 11.3. The van der Waals surface area contributed by atoms with Gasteiger partial charge in [-0.15, -0.1) is 68.0 Å². The fraction of sp³-hybridized carbons (Fsp3) is 0.297. The highest BCUT2D eigenvalue weighted by Gasteiger charge is 2.48. The fourth-order valence-corrected chi connectivity index (χ4v) is 13.1. The predicted molar refractivity (Wildman–Crippen MR) is 199 cm³/mol. The van der Waals surface area contributed by atoms with Crippen molar-refractivity contribution in [3.63, 3.8) is 0 Å². The maximum atomic E-state index is 13.3. The average Bonchev–Trinajstić information content (AvgIpc) is 3.93. The smallest absolute Gasteiger partial charge is 0.310 e. The second-order valence-corrected chi connectivity index (χ2v) is 18.1. The molecule has 8 rings (SSSR count). The zero-order valence-corrected chi connectivity index (χ0v) is 30.3. The minimum absolute atomic E-state index is 0.183. The Morgan fingerprint density at radius 2 is 0.979 bits per heavy atom. The molecule has 2 saturated carbocycles. The molecular formula is C37H32O4S6. The van der Waals surface area contributed by atoms with Crippen LogP contribution in [-0.2, 0) is 31.9 Å². The monoisotopic (exact) mass is 732 g/mol. The molecule has 6 aromatic rings. The summed E-state index contributed by atoms with van der Waals surface area (Å²) in [7, 11) is 0. The van der Waals surface area contributed by atoms with E-state index in [0.29, 0.717) is 25.0 Å². The van der Waals surface area contributed by atoms with Crippen molar-refractivity contribution in [3.8, 4) is 39.0 Å². The van der Waals surface area contributed by atoms with Gasteiger partial charge in [0.25, 0.3) is 0 Å². The Kier molecular flexibility index (Phi) is 9.31. The molecule has 0 amide bonds. The molecule has 4 unspecified atom stereocenters. The SMILES string of the molecule is O=C(Cc1cc(-c2cccs2)sc1-c1cccs1)OCC1C2CCC(C2)C1COC(=O)Cc1cc(-c2cccs2)sc1-c1cccs1. The van der Waals surface area contributed by atoms with Crippen LogP contribution in [0.1, 0.15) is 30.4 Å². The molecule has 0 spiro atoms. The van der Waals surface area contributed by atoms with E-state index in [-0.39, 0.29) is 36.6 Å². The summed E-state index contributed by atoms with van der Waals surface area (Å²) < 4.78 is 12.0. The van der Waals surface area contributed by atoms with Crippen LogP contribution in [0.15, 0.2) is 82.2 Å². The highest BCUT2D eigenvalue weighted by molar-refractivity contribution is 7.26. The highest BCUT2D eigenvalue weighted by atomic mass is 32.1. The topological polar surface area (TPSA) is 52.6 Å². The maximum Gasteiger partial charge on any atom is 0.310 e. The molecular weight excluding hydrogens is 701 g/mol. The second kappa shape index (κ2) is 13.9. The van der Waals surface area contributed by atoms with E-state index < -0.39 is 0 Å². The van der Waals surface area contributed by atoms with Crippen LogP contribution in [-0.4, -0.2) is 25.2 Å². The second-order valence-electron chi connectivity index (χ2n) is 12.2. The van der Waals surface area contributed by atoms with Gasteiger partial charge in [-0.1, -0.05) is 24.3 Å². The molecule has 6 heterocycles. The first-order valence-electron chi connectivity index (χ1n) is 15.8. The van der Waals surface area contributed by atoms with Gasteiger partial charge in [-0.05, 0) is 100 Å². The normalized spacial score (nSPS) is 20.2. The maximum absolute atomic E-state index is 13.3. The lowest BCUT2D eigenvalue weighted by atomic mass is 9.80. The van der Waals surface area contributed by atoms with Gasteiger partial charge in [-0.3, -0.25) is 9.59 Å². The van der Waals surface area contributed by atoms with Crippen LogP contribution in [0, 0.1) is 23.7 Å². The Morgan fingerprint density at radius 1 is 0.574 bits per heavy atom. The number of fused-ring (bicyclic) bond motifs is 2. The summed E-state index contributed by atoms with van der Waals surface area (Å²) in [5, 5.41) is 8.33. The van der Waals surface area contributed by atoms with Crippen molar-refractivity contribution in [1.82, 2.24) is 0 Å². The number of hydrogen-bond donors (Lipinski definition) is 0. The van der Waals surface area contributed by atoms with Gasteiger partial charge >= 0.3 is 11.9 Å². The number of carbonyl (C=O) groups excluding carboxylic acids is 2. The number of rotatable bonds is 12. The summed E-state index contributed by atoms with van der Waals surface area (Å²) in [6, 6.07) is 21.1. The Labute approximate surface area is 298 Å². The number of carbonyl (C=O) groups is 2. The van der Waals surface area contributed by atoms with E-state index >= 15 is 0 Å². The summed E-state index contributed by atoms with van der Waals surface area (Å²) in [5.74, 6) is 1.16. The van der Waals surface area contributed by atoms with E-state index in [1.807, 2.05) is 0 Å². The average molecular weight is 733 g/mol. The van der Waals surface area contributed by atoms with Crippen LogP contribution in [0.5, 0.6) is 0 Å². The van der Waals surface area contributed by atoms with Crippen LogP contribution < -0.4 is 0 Å². The molecule has 2 aliphatic rings. The highest BCUT2D eigenvalue weighted by Crippen LogP contribution is 2.52. The number of esters is 2. The quantitative estimate of drug-likeness (QED) is 0.118. The Morgan fingerprint density at radius 3 is 1.36 bits per heavy atom. The first kappa shape index (κ1) is 31.4. The van der Waals surface area contributed by atoms with Gasteiger partial charge in [-0.25, -0.2) is 0 Å². The third-order valence-corrected chi connectivity index (χ3v) is 16.0. The molecule has 6 aromatic heterocycles. The van der Waals surface area contributed by atoms with Crippen LogP contribution in [0.3, 0.4) is 0 Å². The minimum atomic E-state index is -0.183. The van der Waals surface area contributed by atoms with Crippen molar-refractivity contribution < 1.29 is 19.1 Å². The van der Waals surface area contributed by atoms with Crippen molar-refractivity contribution in [1.29, 1.82) is 0 Å². The summed E-state index contributed by atoms with van der Waals surface area (Å²) in [6.45, 7) is 0.797. The van der Waals surface area contributed by atoms with E-state index in [2.05, 4.69) is 82.2 Å².